The van der Waals surface area contributed by atoms with Crippen LogP contribution in [0, 0.1) is 5.82 Å². The quantitative estimate of drug-likeness (QED) is 0.555. The summed E-state index contributed by atoms with van der Waals surface area (Å²) in [5.74, 6) is -0.581. The Hall–Kier alpha value is -3.62. The van der Waals surface area contributed by atoms with E-state index >= 15 is 0 Å². The highest BCUT2D eigenvalue weighted by atomic mass is 19.1. The molecular weight excluding hydrogens is 439 g/mol. The van der Waals surface area contributed by atoms with Gasteiger partial charge in [0.25, 0.3) is 5.56 Å². The van der Waals surface area contributed by atoms with Gasteiger partial charge < -0.3 is 10.1 Å². The van der Waals surface area contributed by atoms with Crippen molar-refractivity contribution in [3.63, 3.8) is 0 Å². The molecule has 1 aliphatic rings. The third-order valence-electron chi connectivity index (χ3n) is 6.07. The van der Waals surface area contributed by atoms with Gasteiger partial charge in [-0.15, -0.1) is 0 Å². The van der Waals surface area contributed by atoms with Crippen LogP contribution in [0.25, 0.3) is 10.9 Å². The second-order valence-corrected chi connectivity index (χ2v) is 8.89. The van der Waals surface area contributed by atoms with E-state index < -0.39 is 23.2 Å². The summed E-state index contributed by atoms with van der Waals surface area (Å²) in [7, 11) is 0. The Morgan fingerprint density at radius 3 is 2.50 bits per heavy atom. The van der Waals surface area contributed by atoms with Gasteiger partial charge in [0.05, 0.1) is 16.6 Å². The van der Waals surface area contributed by atoms with Gasteiger partial charge in [0.1, 0.15) is 12.4 Å². The van der Waals surface area contributed by atoms with Crippen LogP contribution in [0.1, 0.15) is 57.6 Å². The van der Waals surface area contributed by atoms with Crippen LogP contribution in [-0.4, -0.2) is 21.4 Å². The van der Waals surface area contributed by atoms with Crippen molar-refractivity contribution >= 4 is 22.7 Å². The van der Waals surface area contributed by atoms with Gasteiger partial charge in [-0.25, -0.2) is 19.4 Å². The summed E-state index contributed by atoms with van der Waals surface area (Å²) in [6.07, 6.45) is 4.27. The van der Waals surface area contributed by atoms with Crippen LogP contribution in [-0.2, 0) is 11.3 Å². The number of hydrogen-bond donors (Lipinski definition) is 2. The Labute approximate surface area is 196 Å². The molecular formula is C25H29FN4O4. The number of nitrogens with one attached hydrogen (secondary N) is 2. The smallest absolute Gasteiger partial charge is 0.427 e. The number of halogens is 1. The summed E-state index contributed by atoms with van der Waals surface area (Å²) in [5.41, 5.74) is 1.97. The van der Waals surface area contributed by atoms with Gasteiger partial charge in [-0.05, 0) is 44.4 Å². The number of nitrogens with zero attached hydrogens (tertiary/aromatic N) is 2. The summed E-state index contributed by atoms with van der Waals surface area (Å²) in [5, 5.41) is 3.23. The van der Waals surface area contributed by atoms with Crippen LogP contribution in [0.5, 0.6) is 0 Å². The fraction of sp³-hybridized carbons (Fsp3) is 0.400. The molecule has 0 radical (unpaired) electrons. The third-order valence-corrected chi connectivity index (χ3v) is 6.07. The molecule has 0 spiro atoms. The van der Waals surface area contributed by atoms with E-state index in [4.69, 9.17) is 4.74 Å². The predicted octanol–water partition coefficient (Wildman–Crippen LogP) is 4.51. The highest BCUT2D eigenvalue weighted by Crippen LogP contribution is 2.26. The number of rotatable bonds is 6. The Kier molecular flexibility index (Phi) is 7.00. The van der Waals surface area contributed by atoms with Gasteiger partial charge in [0, 0.05) is 12.1 Å². The normalized spacial score (nSPS) is 14.4. The first-order valence-electron chi connectivity index (χ1n) is 11.6. The average molecular weight is 469 g/mol. The Morgan fingerprint density at radius 2 is 1.82 bits per heavy atom. The molecule has 1 fully saturated rings. The minimum absolute atomic E-state index is 0.0108. The van der Waals surface area contributed by atoms with Crippen molar-refractivity contribution < 1.29 is 13.9 Å². The molecule has 180 valence electrons. The maximum atomic E-state index is 15.0. The number of aromatic nitrogens is 2. The topological polar surface area (TPSA) is 94.4 Å². The molecule has 1 aliphatic carbocycles. The number of amides is 1. The van der Waals surface area contributed by atoms with Gasteiger partial charge in [-0.2, -0.15) is 4.68 Å². The van der Waals surface area contributed by atoms with Gasteiger partial charge in [0.2, 0.25) is 0 Å². The second-order valence-electron chi connectivity index (χ2n) is 8.89. The standard InChI is InChI=1S/C25H29FN4O4/c1-16(2)29-22-14-21(27-18-11-7-4-8-12-18)20(26)13-19(22)23(31)30(25(29)33)28-24(32)34-15-17-9-5-3-6-10-17/h3,5-6,9-10,13-14,16,18,27H,4,7-8,11-12,15H2,1-2H3,(H,28,32). The number of ether oxygens (including phenoxy) is 1. The van der Waals surface area contributed by atoms with Crippen molar-refractivity contribution in [3.05, 3.63) is 74.7 Å². The number of hydrogen-bond acceptors (Lipinski definition) is 5. The highest BCUT2D eigenvalue weighted by Gasteiger charge is 2.21. The lowest BCUT2D eigenvalue weighted by Gasteiger charge is -2.25. The van der Waals surface area contributed by atoms with E-state index in [1.807, 2.05) is 6.07 Å². The summed E-state index contributed by atoms with van der Waals surface area (Å²) in [4.78, 5) is 38.6. The fourth-order valence-electron chi connectivity index (χ4n) is 4.37. The van der Waals surface area contributed by atoms with E-state index in [2.05, 4.69) is 10.7 Å². The van der Waals surface area contributed by atoms with Crippen LogP contribution in [0.4, 0.5) is 14.9 Å². The second kappa shape index (κ2) is 10.1. The van der Waals surface area contributed by atoms with Crippen molar-refractivity contribution in [1.29, 1.82) is 0 Å². The van der Waals surface area contributed by atoms with Crippen molar-refractivity contribution in [2.45, 2.75) is 64.6 Å². The van der Waals surface area contributed by atoms with E-state index in [0.29, 0.717) is 10.2 Å². The fourth-order valence-corrected chi connectivity index (χ4v) is 4.37. The average Bonchev–Trinajstić information content (AvgIpc) is 2.83. The molecule has 8 nitrogen and oxygen atoms in total. The molecule has 0 unspecified atom stereocenters. The first-order valence-corrected chi connectivity index (χ1v) is 11.6. The molecule has 34 heavy (non-hydrogen) atoms. The first kappa shape index (κ1) is 23.5. The maximum Gasteiger partial charge on any atom is 0.427 e. The number of anilines is 1. The van der Waals surface area contributed by atoms with E-state index in [-0.39, 0.29) is 29.8 Å². The number of carbonyl (C=O) groups is 1. The monoisotopic (exact) mass is 468 g/mol. The molecule has 1 aromatic heterocycles. The minimum atomic E-state index is -0.964. The molecule has 1 saturated carbocycles. The first-order chi connectivity index (χ1) is 16.3. The van der Waals surface area contributed by atoms with Gasteiger partial charge in [-0.1, -0.05) is 49.6 Å². The molecule has 1 heterocycles. The van der Waals surface area contributed by atoms with Crippen molar-refractivity contribution in [1.82, 2.24) is 9.24 Å². The molecule has 9 heteroatoms. The number of benzene rings is 2. The molecule has 0 atom stereocenters. The lowest BCUT2D eigenvalue weighted by Crippen LogP contribution is -2.47. The molecule has 1 amide bonds. The van der Waals surface area contributed by atoms with Crippen LogP contribution >= 0.6 is 0 Å². The third kappa shape index (κ3) is 4.98. The molecule has 3 aromatic rings. The van der Waals surface area contributed by atoms with Crippen LogP contribution < -0.4 is 22.0 Å². The molecule has 0 aliphatic heterocycles. The Balaban J connectivity index is 1.68. The molecule has 4 rings (SSSR count). The molecule has 2 N–H and O–H groups in total. The van der Waals surface area contributed by atoms with E-state index in [1.54, 1.807) is 38.1 Å². The van der Waals surface area contributed by atoms with Crippen LogP contribution in [0.2, 0.25) is 0 Å². The van der Waals surface area contributed by atoms with Crippen molar-refractivity contribution in [3.8, 4) is 0 Å². The summed E-state index contributed by atoms with van der Waals surface area (Å²) in [6.45, 7) is 3.53. The highest BCUT2D eigenvalue weighted by molar-refractivity contribution is 5.83. The zero-order valence-corrected chi connectivity index (χ0v) is 19.3. The predicted molar refractivity (Wildman–Crippen MR) is 129 cm³/mol. The van der Waals surface area contributed by atoms with Gasteiger partial charge in [-0.3, -0.25) is 9.36 Å². The zero-order valence-electron chi connectivity index (χ0n) is 19.3. The molecule has 0 bridgehead atoms. The Bertz CT molecular complexity index is 1290. The van der Waals surface area contributed by atoms with Gasteiger partial charge in [0.15, 0.2) is 0 Å². The van der Waals surface area contributed by atoms with Crippen molar-refractivity contribution in [2.75, 3.05) is 10.7 Å². The SMILES string of the molecule is CC(C)n1c(=O)n(NC(=O)OCc2ccccc2)c(=O)c2cc(F)c(NC3CCCCC3)cc21. The number of carbonyl (C=O) groups excluding carboxylic acids is 1. The largest absolute Gasteiger partial charge is 0.443 e. The van der Waals surface area contributed by atoms with Gasteiger partial charge >= 0.3 is 11.8 Å². The van der Waals surface area contributed by atoms with E-state index in [1.165, 1.54) is 17.1 Å². The zero-order chi connectivity index (χ0) is 24.2. The van der Waals surface area contributed by atoms with E-state index in [0.717, 1.165) is 37.3 Å². The lowest BCUT2D eigenvalue weighted by molar-refractivity contribution is 0.151. The summed E-state index contributed by atoms with van der Waals surface area (Å²) < 4.78 is 22.1. The van der Waals surface area contributed by atoms with Crippen LogP contribution in [0.15, 0.2) is 52.1 Å². The summed E-state index contributed by atoms with van der Waals surface area (Å²) >= 11 is 0. The van der Waals surface area contributed by atoms with Crippen molar-refractivity contribution in [2.24, 2.45) is 0 Å². The minimum Gasteiger partial charge on any atom is -0.443 e. The summed E-state index contributed by atoms with van der Waals surface area (Å²) in [6, 6.07) is 11.4. The Morgan fingerprint density at radius 1 is 1.12 bits per heavy atom. The lowest BCUT2D eigenvalue weighted by atomic mass is 9.95. The molecule has 2 aromatic carbocycles. The van der Waals surface area contributed by atoms with Crippen LogP contribution in [0.3, 0.4) is 0 Å². The maximum absolute atomic E-state index is 15.0. The molecule has 0 saturated heterocycles. The van der Waals surface area contributed by atoms with E-state index in [9.17, 15) is 18.8 Å². The number of fused-ring (bicyclic) bond motifs is 1.